The highest BCUT2D eigenvalue weighted by Crippen LogP contribution is 2.48. The van der Waals surface area contributed by atoms with E-state index >= 15 is 0 Å². The summed E-state index contributed by atoms with van der Waals surface area (Å²) in [7, 11) is 0. The van der Waals surface area contributed by atoms with Crippen LogP contribution in [0.3, 0.4) is 0 Å². The average molecular weight is 514 g/mol. The summed E-state index contributed by atoms with van der Waals surface area (Å²) >= 11 is 0. The van der Waals surface area contributed by atoms with E-state index in [2.05, 4.69) is 4.90 Å². The van der Waals surface area contributed by atoms with Crippen molar-refractivity contribution >= 4 is 11.1 Å². The lowest BCUT2D eigenvalue weighted by Crippen LogP contribution is -2.49. The zero-order valence-corrected chi connectivity index (χ0v) is 20.3. The maximum absolute atomic E-state index is 13.5. The van der Waals surface area contributed by atoms with Gasteiger partial charge in [0, 0.05) is 42.8 Å². The predicted octanol–water partition coefficient (Wildman–Crippen LogP) is 6.76. The lowest BCUT2D eigenvalue weighted by atomic mass is 9.85. The van der Waals surface area contributed by atoms with Gasteiger partial charge in [-0.15, -0.1) is 0 Å². The lowest BCUT2D eigenvalue weighted by molar-refractivity contribution is -0.137. The number of hydrogen-bond donors (Lipinski definition) is 1. The molecule has 1 atom stereocenters. The first-order valence-electron chi connectivity index (χ1n) is 12.1. The smallest absolute Gasteiger partial charge is 0.416 e. The van der Waals surface area contributed by atoms with Crippen molar-refractivity contribution in [2.24, 2.45) is 5.92 Å². The van der Waals surface area contributed by atoms with Gasteiger partial charge in [0.1, 0.15) is 30.0 Å². The molecule has 0 radical (unpaired) electrons. The van der Waals surface area contributed by atoms with Crippen molar-refractivity contribution in [3.8, 4) is 17.2 Å². The van der Waals surface area contributed by atoms with E-state index in [0.717, 1.165) is 36.4 Å². The molecular formula is C29H27F4NO3. The molecular weight excluding hydrogens is 486 g/mol. The second-order valence-electron chi connectivity index (χ2n) is 9.49. The van der Waals surface area contributed by atoms with Crippen LogP contribution in [0.2, 0.25) is 0 Å². The molecule has 0 spiro atoms. The van der Waals surface area contributed by atoms with E-state index in [0.29, 0.717) is 41.4 Å². The van der Waals surface area contributed by atoms with Crippen molar-refractivity contribution in [1.29, 1.82) is 0 Å². The van der Waals surface area contributed by atoms with E-state index < -0.39 is 17.8 Å². The van der Waals surface area contributed by atoms with Gasteiger partial charge in [0.05, 0.1) is 12.2 Å². The fourth-order valence-electron chi connectivity index (χ4n) is 4.90. The Labute approximate surface area is 212 Å². The van der Waals surface area contributed by atoms with Crippen LogP contribution in [0.4, 0.5) is 17.6 Å². The van der Waals surface area contributed by atoms with Gasteiger partial charge in [-0.3, -0.25) is 9.29 Å². The van der Waals surface area contributed by atoms with E-state index in [1.54, 1.807) is 24.3 Å². The fraction of sp³-hybridized carbons (Fsp3) is 0.310. The van der Waals surface area contributed by atoms with Crippen molar-refractivity contribution < 1.29 is 32.1 Å². The summed E-state index contributed by atoms with van der Waals surface area (Å²) in [6.07, 6.45) is -5.16. The molecule has 3 aromatic carbocycles. The standard InChI is InChI=1S/C29H27F4NO3/c1-18-25-10-7-23(35)14-26(25)37-28(27(18)21-3-2-4-22(13-21)29(31,32)33)20-5-8-24(9-6-20)36-12-11-34-16-19(15-30)17-34/h2-10,13-14,19,28,35H,11-12,15-17H2,1H3. The van der Waals surface area contributed by atoms with Crippen LogP contribution in [0.25, 0.3) is 11.1 Å². The number of alkyl halides is 4. The van der Waals surface area contributed by atoms with Crippen LogP contribution in [0.5, 0.6) is 17.2 Å². The fourth-order valence-corrected chi connectivity index (χ4v) is 4.90. The Morgan fingerprint density at radius 1 is 1.03 bits per heavy atom. The van der Waals surface area contributed by atoms with Gasteiger partial charge in [0.2, 0.25) is 0 Å². The van der Waals surface area contributed by atoms with Gasteiger partial charge in [-0.1, -0.05) is 24.3 Å². The first-order valence-corrected chi connectivity index (χ1v) is 12.1. The quantitative estimate of drug-likeness (QED) is 0.355. The van der Waals surface area contributed by atoms with Crippen LogP contribution in [0.15, 0.2) is 66.7 Å². The number of halogens is 4. The van der Waals surface area contributed by atoms with Crippen LogP contribution in [0.1, 0.15) is 35.3 Å². The number of ether oxygens (including phenoxy) is 2. The normalized spacial score (nSPS) is 18.2. The maximum atomic E-state index is 13.5. The SMILES string of the molecule is CC1=C(c2cccc(C(F)(F)F)c2)C(c2ccc(OCCN3CC(CF)C3)cc2)Oc2cc(O)ccc21. The van der Waals surface area contributed by atoms with Crippen LogP contribution in [0, 0.1) is 5.92 Å². The Hall–Kier alpha value is -3.52. The van der Waals surface area contributed by atoms with Crippen molar-refractivity contribution in [1.82, 2.24) is 4.90 Å². The number of aromatic hydroxyl groups is 1. The number of rotatable bonds is 7. The van der Waals surface area contributed by atoms with Gasteiger partial charge in [-0.05, 0) is 60.0 Å². The minimum Gasteiger partial charge on any atom is -0.508 e. The van der Waals surface area contributed by atoms with Gasteiger partial charge < -0.3 is 14.6 Å². The molecule has 1 saturated heterocycles. The monoisotopic (exact) mass is 513 g/mol. The molecule has 5 rings (SSSR count). The lowest BCUT2D eigenvalue weighted by Gasteiger charge is -2.37. The third-order valence-corrected chi connectivity index (χ3v) is 6.89. The zero-order valence-electron chi connectivity index (χ0n) is 20.3. The minimum atomic E-state index is -4.47. The molecule has 1 N–H and O–H groups in total. The number of benzene rings is 3. The van der Waals surface area contributed by atoms with Crippen LogP contribution in [-0.4, -0.2) is 42.9 Å². The number of likely N-dealkylation sites (tertiary alicyclic amines) is 1. The molecule has 2 aliphatic rings. The Kier molecular flexibility index (Phi) is 6.86. The first kappa shape index (κ1) is 25.1. The summed E-state index contributed by atoms with van der Waals surface area (Å²) in [5.74, 6) is 1.28. The third kappa shape index (κ3) is 5.30. The highest BCUT2D eigenvalue weighted by Gasteiger charge is 2.34. The molecule has 194 valence electrons. The van der Waals surface area contributed by atoms with Crippen LogP contribution < -0.4 is 9.47 Å². The van der Waals surface area contributed by atoms with E-state index in [-0.39, 0.29) is 18.3 Å². The Bertz CT molecular complexity index is 1300. The molecule has 0 aliphatic carbocycles. The molecule has 37 heavy (non-hydrogen) atoms. The number of allylic oxidation sites excluding steroid dienone is 1. The number of phenols is 1. The molecule has 1 unspecified atom stereocenters. The van der Waals surface area contributed by atoms with Crippen molar-refractivity contribution in [2.45, 2.75) is 19.2 Å². The zero-order chi connectivity index (χ0) is 26.2. The van der Waals surface area contributed by atoms with Crippen LogP contribution in [-0.2, 0) is 6.18 Å². The van der Waals surface area contributed by atoms with Crippen molar-refractivity contribution in [3.05, 3.63) is 89.0 Å². The van der Waals surface area contributed by atoms with Crippen molar-refractivity contribution in [2.75, 3.05) is 32.9 Å². The Morgan fingerprint density at radius 3 is 2.49 bits per heavy atom. The van der Waals surface area contributed by atoms with Gasteiger partial charge in [0.15, 0.2) is 0 Å². The summed E-state index contributed by atoms with van der Waals surface area (Å²) in [5, 5.41) is 9.99. The molecule has 2 aliphatic heterocycles. The number of nitrogens with zero attached hydrogens (tertiary/aromatic N) is 1. The van der Waals surface area contributed by atoms with E-state index in [4.69, 9.17) is 9.47 Å². The minimum absolute atomic E-state index is 0.0385. The molecule has 0 bridgehead atoms. The van der Waals surface area contributed by atoms with Gasteiger partial charge in [-0.2, -0.15) is 13.2 Å². The van der Waals surface area contributed by atoms with Crippen LogP contribution >= 0.6 is 0 Å². The van der Waals surface area contributed by atoms with E-state index in [1.807, 2.05) is 19.1 Å². The van der Waals surface area contributed by atoms with Crippen molar-refractivity contribution in [3.63, 3.8) is 0 Å². The second kappa shape index (κ2) is 10.1. The summed E-state index contributed by atoms with van der Waals surface area (Å²) in [6.45, 7) is 4.24. The number of hydrogen-bond acceptors (Lipinski definition) is 4. The largest absolute Gasteiger partial charge is 0.508 e. The number of fused-ring (bicyclic) bond motifs is 1. The Morgan fingerprint density at radius 2 is 1.78 bits per heavy atom. The van der Waals surface area contributed by atoms with Gasteiger partial charge in [-0.25, -0.2) is 0 Å². The Balaban J connectivity index is 1.42. The summed E-state index contributed by atoms with van der Waals surface area (Å²) < 4.78 is 65.2. The average Bonchev–Trinajstić information content (AvgIpc) is 2.85. The first-order chi connectivity index (χ1) is 17.7. The highest BCUT2D eigenvalue weighted by atomic mass is 19.4. The molecule has 3 aromatic rings. The maximum Gasteiger partial charge on any atom is 0.416 e. The number of phenolic OH excluding ortho intramolecular Hbond substituents is 1. The molecule has 0 saturated carbocycles. The summed E-state index contributed by atoms with van der Waals surface area (Å²) in [4.78, 5) is 2.14. The summed E-state index contributed by atoms with van der Waals surface area (Å²) in [5.41, 5.74) is 2.52. The molecule has 0 aromatic heterocycles. The molecule has 2 heterocycles. The van der Waals surface area contributed by atoms with Gasteiger partial charge >= 0.3 is 6.18 Å². The summed E-state index contributed by atoms with van der Waals surface area (Å²) in [6, 6.07) is 17.2. The van der Waals surface area contributed by atoms with E-state index in [9.17, 15) is 22.7 Å². The molecule has 1 fully saturated rings. The van der Waals surface area contributed by atoms with Gasteiger partial charge in [0.25, 0.3) is 0 Å². The molecule has 0 amide bonds. The highest BCUT2D eigenvalue weighted by molar-refractivity contribution is 5.95. The molecule has 4 nitrogen and oxygen atoms in total. The predicted molar refractivity (Wildman–Crippen MR) is 133 cm³/mol. The van der Waals surface area contributed by atoms with E-state index in [1.165, 1.54) is 18.2 Å². The molecule has 8 heteroatoms. The topological polar surface area (TPSA) is 41.9 Å². The second-order valence-corrected chi connectivity index (χ2v) is 9.49. The third-order valence-electron chi connectivity index (χ3n) is 6.89.